The number of aryl methyl sites for hydroxylation is 2. The van der Waals surface area contributed by atoms with Gasteiger partial charge in [0.25, 0.3) is 0 Å². The van der Waals surface area contributed by atoms with E-state index in [-0.39, 0.29) is 0 Å². The smallest absolute Gasteiger partial charge is 0.0519 e. The summed E-state index contributed by atoms with van der Waals surface area (Å²) in [6.07, 6.45) is 5.75. The lowest BCUT2D eigenvalue weighted by Gasteiger charge is -2.06. The van der Waals surface area contributed by atoms with Gasteiger partial charge < -0.3 is 0 Å². The molecule has 0 amide bonds. The predicted molar refractivity (Wildman–Crippen MR) is 74.7 cm³/mol. The van der Waals surface area contributed by atoms with Gasteiger partial charge in [-0.1, -0.05) is 0 Å². The molecule has 0 aliphatic carbocycles. The second-order valence-corrected chi connectivity index (χ2v) is 5.10. The molecule has 0 unspecified atom stereocenters. The van der Waals surface area contributed by atoms with Crippen molar-refractivity contribution in [3.63, 3.8) is 0 Å². The fourth-order valence-electron chi connectivity index (χ4n) is 1.64. The highest BCUT2D eigenvalue weighted by Crippen LogP contribution is 2.05. The van der Waals surface area contributed by atoms with Crippen molar-refractivity contribution >= 4 is 0 Å². The van der Waals surface area contributed by atoms with E-state index in [4.69, 9.17) is 0 Å². The Balaban J connectivity index is 0.000000180. The molecule has 0 aliphatic rings. The Morgan fingerprint density at radius 3 is 1.89 bits per heavy atom. The SMILES string of the molecule is Cc1ccnn1C(C)C.Cc1cnn(C(C)C)c1. The lowest BCUT2D eigenvalue weighted by Crippen LogP contribution is -2.03. The average Bonchev–Trinajstić information content (AvgIpc) is 2.87. The zero-order valence-electron chi connectivity index (χ0n) is 12.3. The van der Waals surface area contributed by atoms with Crippen LogP contribution in [0.15, 0.2) is 24.7 Å². The van der Waals surface area contributed by atoms with Gasteiger partial charge in [0, 0.05) is 30.2 Å². The summed E-state index contributed by atoms with van der Waals surface area (Å²) in [6.45, 7) is 12.6. The van der Waals surface area contributed by atoms with Crippen molar-refractivity contribution in [1.82, 2.24) is 19.6 Å². The molecule has 100 valence electrons. The third-order valence-corrected chi connectivity index (χ3v) is 2.62. The molecule has 0 radical (unpaired) electrons. The Labute approximate surface area is 110 Å². The lowest BCUT2D eigenvalue weighted by atomic mass is 10.4. The zero-order valence-corrected chi connectivity index (χ0v) is 12.3. The fourth-order valence-corrected chi connectivity index (χ4v) is 1.64. The van der Waals surface area contributed by atoms with Gasteiger partial charge in [0.15, 0.2) is 0 Å². The third-order valence-electron chi connectivity index (χ3n) is 2.62. The van der Waals surface area contributed by atoms with Crippen molar-refractivity contribution < 1.29 is 0 Å². The number of aromatic nitrogens is 4. The van der Waals surface area contributed by atoms with E-state index in [2.05, 4.69) is 44.8 Å². The van der Waals surface area contributed by atoms with Crippen LogP contribution in [0.3, 0.4) is 0 Å². The minimum absolute atomic E-state index is 0.485. The summed E-state index contributed by atoms with van der Waals surface area (Å²) < 4.78 is 3.95. The molecule has 2 rings (SSSR count). The maximum absolute atomic E-state index is 4.13. The maximum Gasteiger partial charge on any atom is 0.0519 e. The van der Waals surface area contributed by atoms with Crippen LogP contribution in [0.2, 0.25) is 0 Å². The Kier molecular flexibility index (Phi) is 5.13. The molecule has 0 N–H and O–H groups in total. The zero-order chi connectivity index (χ0) is 13.7. The highest BCUT2D eigenvalue weighted by Gasteiger charge is 1.98. The molecule has 0 spiro atoms. The van der Waals surface area contributed by atoms with Gasteiger partial charge in [0.1, 0.15) is 0 Å². The first-order valence-corrected chi connectivity index (χ1v) is 6.42. The van der Waals surface area contributed by atoms with Gasteiger partial charge in [0.05, 0.1) is 6.20 Å². The largest absolute Gasteiger partial charge is 0.270 e. The molecule has 4 nitrogen and oxygen atoms in total. The van der Waals surface area contributed by atoms with Gasteiger partial charge in [-0.05, 0) is 53.2 Å². The summed E-state index contributed by atoms with van der Waals surface area (Å²) in [7, 11) is 0. The van der Waals surface area contributed by atoms with Gasteiger partial charge in [0.2, 0.25) is 0 Å². The quantitative estimate of drug-likeness (QED) is 0.815. The van der Waals surface area contributed by atoms with Crippen LogP contribution in [0.4, 0.5) is 0 Å². The molecule has 4 heteroatoms. The van der Waals surface area contributed by atoms with E-state index >= 15 is 0 Å². The maximum atomic E-state index is 4.13. The number of nitrogens with zero attached hydrogens (tertiary/aromatic N) is 4. The average molecular weight is 248 g/mol. The van der Waals surface area contributed by atoms with E-state index in [1.807, 2.05) is 40.9 Å². The first kappa shape index (κ1) is 14.5. The van der Waals surface area contributed by atoms with Crippen LogP contribution in [-0.2, 0) is 0 Å². The van der Waals surface area contributed by atoms with Crippen molar-refractivity contribution in [3.05, 3.63) is 35.9 Å². The number of rotatable bonds is 2. The molecular formula is C14H24N4. The van der Waals surface area contributed by atoms with Crippen LogP contribution >= 0.6 is 0 Å². The molecule has 0 saturated heterocycles. The van der Waals surface area contributed by atoms with Gasteiger partial charge in [-0.2, -0.15) is 10.2 Å². The minimum atomic E-state index is 0.485. The third kappa shape index (κ3) is 4.02. The molecule has 0 aliphatic heterocycles. The van der Waals surface area contributed by atoms with E-state index < -0.39 is 0 Å². The second kappa shape index (κ2) is 6.38. The van der Waals surface area contributed by atoms with E-state index in [0.29, 0.717) is 12.1 Å². The molecule has 0 fully saturated rings. The molecule has 18 heavy (non-hydrogen) atoms. The Morgan fingerprint density at radius 1 is 1.00 bits per heavy atom. The highest BCUT2D eigenvalue weighted by atomic mass is 15.3. The fraction of sp³-hybridized carbons (Fsp3) is 0.571. The van der Waals surface area contributed by atoms with Crippen LogP contribution in [0.25, 0.3) is 0 Å². The minimum Gasteiger partial charge on any atom is -0.270 e. The van der Waals surface area contributed by atoms with Gasteiger partial charge in [-0.3, -0.25) is 9.36 Å². The Hall–Kier alpha value is -1.58. The van der Waals surface area contributed by atoms with Crippen LogP contribution in [0, 0.1) is 13.8 Å². The molecule has 2 aromatic rings. The summed E-state index contributed by atoms with van der Waals surface area (Å²) >= 11 is 0. The summed E-state index contributed by atoms with van der Waals surface area (Å²) in [5.41, 5.74) is 2.45. The normalized spacial score (nSPS) is 10.7. The molecule has 0 aromatic carbocycles. The summed E-state index contributed by atoms with van der Waals surface area (Å²) in [5, 5.41) is 8.26. The first-order chi connectivity index (χ1) is 8.41. The number of hydrogen-bond acceptors (Lipinski definition) is 2. The standard InChI is InChI=1S/2C7H12N2/c1-6(2)9-5-7(3)4-8-9;1-6(2)9-7(3)4-5-8-9/h2*4-6H,1-3H3. The first-order valence-electron chi connectivity index (χ1n) is 6.42. The Bertz CT molecular complexity index is 466. The van der Waals surface area contributed by atoms with Crippen molar-refractivity contribution in [2.24, 2.45) is 0 Å². The van der Waals surface area contributed by atoms with Crippen molar-refractivity contribution in [3.8, 4) is 0 Å². The molecule has 0 bridgehead atoms. The monoisotopic (exact) mass is 248 g/mol. The molecular weight excluding hydrogens is 224 g/mol. The topological polar surface area (TPSA) is 35.6 Å². The van der Waals surface area contributed by atoms with Crippen LogP contribution < -0.4 is 0 Å². The van der Waals surface area contributed by atoms with E-state index in [1.165, 1.54) is 11.3 Å². The summed E-state index contributed by atoms with van der Waals surface area (Å²) in [4.78, 5) is 0. The van der Waals surface area contributed by atoms with E-state index in [9.17, 15) is 0 Å². The van der Waals surface area contributed by atoms with Crippen molar-refractivity contribution in [2.45, 2.75) is 53.6 Å². The van der Waals surface area contributed by atoms with Crippen LogP contribution in [-0.4, -0.2) is 19.6 Å². The Morgan fingerprint density at radius 2 is 1.67 bits per heavy atom. The lowest BCUT2D eigenvalue weighted by molar-refractivity contribution is 0.519. The molecule has 0 saturated carbocycles. The van der Waals surface area contributed by atoms with Gasteiger partial charge in [-0.25, -0.2) is 0 Å². The molecule has 0 atom stereocenters. The van der Waals surface area contributed by atoms with E-state index in [0.717, 1.165) is 0 Å². The van der Waals surface area contributed by atoms with E-state index in [1.54, 1.807) is 0 Å². The van der Waals surface area contributed by atoms with Gasteiger partial charge >= 0.3 is 0 Å². The molecule has 2 heterocycles. The predicted octanol–water partition coefficient (Wildman–Crippen LogP) is 3.54. The van der Waals surface area contributed by atoms with Crippen LogP contribution in [0.1, 0.15) is 51.0 Å². The molecule has 2 aromatic heterocycles. The summed E-state index contributed by atoms with van der Waals surface area (Å²) in [5.74, 6) is 0. The van der Waals surface area contributed by atoms with Crippen molar-refractivity contribution in [2.75, 3.05) is 0 Å². The highest BCUT2D eigenvalue weighted by molar-refractivity contribution is 4.99. The van der Waals surface area contributed by atoms with Crippen LogP contribution in [0.5, 0.6) is 0 Å². The second-order valence-electron chi connectivity index (χ2n) is 5.10. The van der Waals surface area contributed by atoms with Gasteiger partial charge in [-0.15, -0.1) is 0 Å². The van der Waals surface area contributed by atoms with Crippen molar-refractivity contribution in [1.29, 1.82) is 0 Å². The summed E-state index contributed by atoms with van der Waals surface area (Å²) in [6, 6.07) is 2.98. The number of hydrogen-bond donors (Lipinski definition) is 0.